The molecule has 0 amide bonds. The fourth-order valence-corrected chi connectivity index (χ4v) is 3.27. The Labute approximate surface area is 157 Å². The number of rotatable bonds is 6. The van der Waals surface area contributed by atoms with Crippen molar-refractivity contribution in [2.24, 2.45) is 0 Å². The first-order valence-corrected chi connectivity index (χ1v) is 8.66. The lowest BCUT2D eigenvalue weighted by Crippen LogP contribution is -2.32. The van der Waals surface area contributed by atoms with Gasteiger partial charge in [0.15, 0.2) is 0 Å². The van der Waals surface area contributed by atoms with Gasteiger partial charge in [-0.25, -0.2) is 9.59 Å². The number of epoxide rings is 1. The van der Waals surface area contributed by atoms with Gasteiger partial charge in [0.05, 0.1) is 30.8 Å². The summed E-state index contributed by atoms with van der Waals surface area (Å²) in [4.78, 5) is 26.2. The minimum atomic E-state index is -1.07. The smallest absolute Gasteiger partial charge is 0.336 e. The molecule has 2 aliphatic rings. The Kier molecular flexibility index (Phi) is 5.23. The van der Waals surface area contributed by atoms with E-state index in [0.29, 0.717) is 41.5 Å². The van der Waals surface area contributed by atoms with Gasteiger partial charge in [-0.3, -0.25) is 0 Å². The van der Waals surface area contributed by atoms with E-state index in [1.54, 1.807) is 50.1 Å². The summed E-state index contributed by atoms with van der Waals surface area (Å²) in [6.07, 6.45) is 0.152. The molecule has 3 rings (SSSR count). The number of methoxy groups -OCH3 is 1. The summed E-state index contributed by atoms with van der Waals surface area (Å²) in [6, 6.07) is 7.11. The number of carbonyl (C=O) groups is 2. The van der Waals surface area contributed by atoms with E-state index in [-0.39, 0.29) is 11.7 Å². The SMILES string of the molecule is COC(=O)C1=C(C)N(C)C(C)=C(C(=O)O)C1c1ccc(OCC2CO2)cc1. The largest absolute Gasteiger partial charge is 0.491 e. The standard InChI is InChI=1S/C20H23NO6/c1-11-16(19(22)23)18(17(20(24)25-4)12(2)21(11)3)13-5-7-14(8-6-13)26-9-15-10-27-15/h5-8,15,18H,9-10H2,1-4H3,(H,22,23). The van der Waals surface area contributed by atoms with Crippen molar-refractivity contribution in [3.8, 4) is 5.75 Å². The molecule has 1 aromatic rings. The lowest BCUT2D eigenvalue weighted by molar-refractivity contribution is -0.136. The molecule has 7 nitrogen and oxygen atoms in total. The van der Waals surface area contributed by atoms with E-state index >= 15 is 0 Å². The molecule has 1 fully saturated rings. The van der Waals surface area contributed by atoms with Crippen molar-refractivity contribution in [1.82, 2.24) is 4.90 Å². The van der Waals surface area contributed by atoms with Crippen LogP contribution >= 0.6 is 0 Å². The molecule has 2 aliphatic heterocycles. The molecule has 7 heteroatoms. The molecule has 0 spiro atoms. The van der Waals surface area contributed by atoms with Crippen LogP contribution in [0.15, 0.2) is 46.8 Å². The molecule has 2 atom stereocenters. The highest BCUT2D eigenvalue weighted by atomic mass is 16.6. The first kappa shape index (κ1) is 19.0. The summed E-state index contributed by atoms with van der Waals surface area (Å²) in [5.41, 5.74) is 2.42. The molecule has 2 heterocycles. The van der Waals surface area contributed by atoms with Gasteiger partial charge in [-0.15, -0.1) is 0 Å². The van der Waals surface area contributed by atoms with Crippen molar-refractivity contribution in [3.63, 3.8) is 0 Å². The van der Waals surface area contributed by atoms with Crippen LogP contribution in [0.3, 0.4) is 0 Å². The first-order chi connectivity index (χ1) is 12.8. The van der Waals surface area contributed by atoms with Crippen LogP contribution in [0.2, 0.25) is 0 Å². The summed E-state index contributed by atoms with van der Waals surface area (Å²) >= 11 is 0. The van der Waals surface area contributed by atoms with Crippen LogP contribution in [-0.4, -0.2) is 55.4 Å². The fraction of sp³-hybridized carbons (Fsp3) is 0.400. The predicted molar refractivity (Wildman–Crippen MR) is 97.2 cm³/mol. The van der Waals surface area contributed by atoms with Gasteiger partial charge in [0, 0.05) is 18.4 Å². The molecular formula is C20H23NO6. The van der Waals surface area contributed by atoms with Crippen molar-refractivity contribution >= 4 is 11.9 Å². The summed E-state index contributed by atoms with van der Waals surface area (Å²) in [5.74, 6) is -1.65. The zero-order valence-corrected chi connectivity index (χ0v) is 15.8. The average molecular weight is 373 g/mol. The highest BCUT2D eigenvalue weighted by Crippen LogP contribution is 2.42. The van der Waals surface area contributed by atoms with E-state index in [9.17, 15) is 14.7 Å². The van der Waals surface area contributed by atoms with Crippen LogP contribution in [0.5, 0.6) is 5.75 Å². The van der Waals surface area contributed by atoms with Crippen LogP contribution in [0.4, 0.5) is 0 Å². The minimum absolute atomic E-state index is 0.152. The molecule has 0 aromatic heterocycles. The van der Waals surface area contributed by atoms with Crippen LogP contribution in [0.1, 0.15) is 25.3 Å². The normalized spacial score (nSPS) is 22.0. The van der Waals surface area contributed by atoms with Crippen LogP contribution in [-0.2, 0) is 19.1 Å². The number of benzene rings is 1. The lowest BCUT2D eigenvalue weighted by Gasteiger charge is -2.35. The first-order valence-electron chi connectivity index (χ1n) is 8.66. The summed E-state index contributed by atoms with van der Waals surface area (Å²) in [5, 5.41) is 9.83. The summed E-state index contributed by atoms with van der Waals surface area (Å²) < 4.78 is 15.7. The molecule has 0 radical (unpaired) electrons. The second kappa shape index (κ2) is 7.44. The van der Waals surface area contributed by atoms with Gasteiger partial charge in [0.2, 0.25) is 0 Å². The lowest BCUT2D eigenvalue weighted by atomic mass is 9.80. The Hall–Kier alpha value is -2.80. The Morgan fingerprint density at radius 2 is 1.78 bits per heavy atom. The zero-order chi connectivity index (χ0) is 19.7. The number of hydrogen-bond donors (Lipinski definition) is 1. The van der Waals surface area contributed by atoms with Gasteiger partial charge in [-0.2, -0.15) is 0 Å². The predicted octanol–water partition coefficient (Wildman–Crippen LogP) is 2.30. The van der Waals surface area contributed by atoms with Crippen molar-refractivity contribution in [3.05, 3.63) is 52.4 Å². The number of nitrogens with zero attached hydrogens (tertiary/aromatic N) is 1. The number of carbonyl (C=O) groups excluding carboxylic acids is 1. The second-order valence-electron chi connectivity index (χ2n) is 6.62. The molecule has 0 saturated carbocycles. The minimum Gasteiger partial charge on any atom is -0.491 e. The van der Waals surface area contributed by atoms with E-state index < -0.39 is 17.9 Å². The summed E-state index contributed by atoms with van der Waals surface area (Å²) in [6.45, 7) is 4.72. The third kappa shape index (κ3) is 3.68. The second-order valence-corrected chi connectivity index (χ2v) is 6.62. The van der Waals surface area contributed by atoms with Crippen molar-refractivity contribution in [1.29, 1.82) is 0 Å². The quantitative estimate of drug-likeness (QED) is 0.604. The van der Waals surface area contributed by atoms with E-state index in [2.05, 4.69) is 0 Å². The maximum absolute atomic E-state index is 12.5. The summed E-state index contributed by atoms with van der Waals surface area (Å²) in [7, 11) is 3.03. The number of ether oxygens (including phenoxy) is 3. The number of hydrogen-bond acceptors (Lipinski definition) is 6. The van der Waals surface area contributed by atoms with Crippen LogP contribution in [0, 0.1) is 0 Å². The molecule has 1 saturated heterocycles. The maximum Gasteiger partial charge on any atom is 0.336 e. The number of esters is 1. The van der Waals surface area contributed by atoms with Gasteiger partial charge >= 0.3 is 11.9 Å². The molecule has 0 bridgehead atoms. The molecule has 144 valence electrons. The van der Waals surface area contributed by atoms with Crippen LogP contribution < -0.4 is 4.74 Å². The highest BCUT2D eigenvalue weighted by molar-refractivity contribution is 5.99. The number of allylic oxidation sites excluding steroid dienone is 2. The molecule has 2 unspecified atom stereocenters. The van der Waals surface area contributed by atoms with Gasteiger partial charge < -0.3 is 24.2 Å². The van der Waals surface area contributed by atoms with Gasteiger partial charge in [0.1, 0.15) is 18.5 Å². The third-order valence-electron chi connectivity index (χ3n) is 5.05. The topological polar surface area (TPSA) is 88.6 Å². The van der Waals surface area contributed by atoms with Gasteiger partial charge in [-0.05, 0) is 31.5 Å². The molecule has 1 aromatic carbocycles. The maximum atomic E-state index is 12.5. The van der Waals surface area contributed by atoms with Crippen LogP contribution in [0.25, 0.3) is 0 Å². The van der Waals surface area contributed by atoms with E-state index in [1.165, 1.54) is 7.11 Å². The number of carboxylic acids is 1. The van der Waals surface area contributed by atoms with Gasteiger partial charge in [-0.1, -0.05) is 12.1 Å². The highest BCUT2D eigenvalue weighted by Gasteiger charge is 2.38. The van der Waals surface area contributed by atoms with Crippen molar-refractivity contribution in [2.75, 3.05) is 27.4 Å². The fourth-order valence-electron chi connectivity index (χ4n) is 3.27. The monoisotopic (exact) mass is 373 g/mol. The Morgan fingerprint density at radius 3 is 2.30 bits per heavy atom. The van der Waals surface area contributed by atoms with E-state index in [4.69, 9.17) is 14.2 Å². The van der Waals surface area contributed by atoms with Gasteiger partial charge in [0.25, 0.3) is 0 Å². The molecule has 1 N–H and O–H groups in total. The van der Waals surface area contributed by atoms with E-state index in [0.717, 1.165) is 0 Å². The number of aliphatic carboxylic acids is 1. The number of carboxylic acid groups (broad SMARTS) is 1. The molecule has 27 heavy (non-hydrogen) atoms. The Balaban J connectivity index is 2.01. The zero-order valence-electron chi connectivity index (χ0n) is 15.8. The van der Waals surface area contributed by atoms with E-state index in [1.807, 2.05) is 0 Å². The average Bonchev–Trinajstić information content (AvgIpc) is 3.48. The van der Waals surface area contributed by atoms with Crippen molar-refractivity contribution in [2.45, 2.75) is 25.9 Å². The Bertz CT molecular complexity index is 819. The van der Waals surface area contributed by atoms with Crippen molar-refractivity contribution < 1.29 is 28.9 Å². The third-order valence-corrected chi connectivity index (χ3v) is 5.05. The Morgan fingerprint density at radius 1 is 1.19 bits per heavy atom. The molecule has 0 aliphatic carbocycles. The molecular weight excluding hydrogens is 350 g/mol.